The molecule has 1 aliphatic rings. The number of ether oxygens (including phenoxy) is 1. The molecule has 12 nitrogen and oxygen atoms in total. The Morgan fingerprint density at radius 2 is 1.58 bits per heavy atom. The second kappa shape index (κ2) is 20.4. The molecule has 0 spiro atoms. The largest absolute Gasteiger partial charge is 0.444 e. The van der Waals surface area contributed by atoms with Gasteiger partial charge in [0.2, 0.25) is 5.91 Å². The number of hydrogen-bond acceptors (Lipinski definition) is 10. The first kappa shape index (κ1) is 39.4. The molecule has 2 aromatic heterocycles. The van der Waals surface area contributed by atoms with Crippen LogP contribution in [-0.2, 0) is 35.5 Å². The van der Waals surface area contributed by atoms with Crippen LogP contribution < -0.4 is 16.0 Å². The van der Waals surface area contributed by atoms with Crippen molar-refractivity contribution in [3.63, 3.8) is 0 Å². The maximum atomic E-state index is 14.2. The monoisotopic (exact) mass is 758 g/mol. The molecular weight excluding hydrogens is 709 g/mol. The Morgan fingerprint density at radius 3 is 2.17 bits per heavy atom. The van der Waals surface area contributed by atoms with Gasteiger partial charge in [-0.05, 0) is 43.2 Å². The molecule has 4 amide bonds. The number of nitrogens with one attached hydrogen (secondary N) is 3. The molecule has 0 radical (unpaired) electrons. The molecule has 1 aliphatic heterocycles. The van der Waals surface area contributed by atoms with Crippen LogP contribution in [0.15, 0.2) is 82.7 Å². The number of thiazole rings is 2. The Bertz CT molecular complexity index is 1740. The van der Waals surface area contributed by atoms with Crippen LogP contribution in [-0.4, -0.2) is 88.9 Å². The molecule has 3 heterocycles. The second-order valence-electron chi connectivity index (χ2n) is 13.6. The van der Waals surface area contributed by atoms with Gasteiger partial charge < -0.3 is 30.5 Å². The number of carbonyl (C=O) groups is 3. The Balaban J connectivity index is 1.27. The van der Waals surface area contributed by atoms with E-state index in [4.69, 9.17) is 4.74 Å². The van der Waals surface area contributed by atoms with Gasteiger partial charge in [-0.2, -0.15) is 0 Å². The van der Waals surface area contributed by atoms with E-state index >= 15 is 0 Å². The number of rotatable bonds is 19. The summed E-state index contributed by atoms with van der Waals surface area (Å²) in [6, 6.07) is 18.4. The van der Waals surface area contributed by atoms with Gasteiger partial charge in [-0.1, -0.05) is 74.5 Å². The fraction of sp³-hybridized carbons (Fsp3) is 0.436. The fourth-order valence-corrected chi connectivity index (χ4v) is 7.33. The smallest absolute Gasteiger partial charge is 0.407 e. The molecule has 5 rings (SSSR count). The molecule has 0 bridgehead atoms. The summed E-state index contributed by atoms with van der Waals surface area (Å²) < 4.78 is 5.52. The molecule has 0 saturated heterocycles. The lowest BCUT2D eigenvalue weighted by Gasteiger charge is -2.28. The van der Waals surface area contributed by atoms with E-state index in [1.165, 1.54) is 11.3 Å². The van der Waals surface area contributed by atoms with Crippen molar-refractivity contribution in [1.29, 1.82) is 0 Å². The molecule has 0 aliphatic carbocycles. The third-order valence-corrected chi connectivity index (χ3v) is 10.8. The average Bonchev–Trinajstić information content (AvgIpc) is 3.96. The van der Waals surface area contributed by atoms with E-state index in [0.29, 0.717) is 57.7 Å². The summed E-state index contributed by atoms with van der Waals surface area (Å²) in [6.45, 7) is 6.75. The van der Waals surface area contributed by atoms with Crippen LogP contribution in [0.5, 0.6) is 0 Å². The first-order valence-corrected chi connectivity index (χ1v) is 19.9. The minimum atomic E-state index is -0.779. The van der Waals surface area contributed by atoms with E-state index in [0.717, 1.165) is 33.3 Å². The number of amides is 4. The summed E-state index contributed by atoms with van der Waals surface area (Å²) in [5.74, 6) is 0.0578. The van der Waals surface area contributed by atoms with Crippen LogP contribution in [0.2, 0.25) is 0 Å². The third-order valence-electron chi connectivity index (χ3n) is 8.90. The highest BCUT2D eigenvalue weighted by Crippen LogP contribution is 2.20. The summed E-state index contributed by atoms with van der Waals surface area (Å²) in [5, 5.41) is 12.4. The molecule has 0 fully saturated rings. The van der Waals surface area contributed by atoms with Gasteiger partial charge in [-0.25, -0.2) is 14.6 Å². The fourth-order valence-electron chi connectivity index (χ4n) is 6.00. The van der Waals surface area contributed by atoms with E-state index in [9.17, 15) is 14.4 Å². The predicted molar refractivity (Wildman–Crippen MR) is 210 cm³/mol. The Labute approximate surface area is 320 Å². The van der Waals surface area contributed by atoms with Crippen LogP contribution in [0.4, 0.5) is 9.59 Å². The van der Waals surface area contributed by atoms with Gasteiger partial charge in [-0.15, -0.1) is 22.7 Å². The molecule has 2 aromatic carbocycles. The van der Waals surface area contributed by atoms with Crippen molar-refractivity contribution in [2.75, 3.05) is 26.7 Å². The number of benzene rings is 2. The first-order chi connectivity index (χ1) is 25.7. The van der Waals surface area contributed by atoms with Gasteiger partial charge in [0.25, 0.3) is 0 Å². The lowest BCUT2D eigenvalue weighted by atomic mass is 9.95. The van der Waals surface area contributed by atoms with E-state index in [1.807, 2.05) is 66.0 Å². The summed E-state index contributed by atoms with van der Waals surface area (Å²) >= 11 is 3.02. The quantitative estimate of drug-likeness (QED) is 0.106. The van der Waals surface area contributed by atoms with Crippen molar-refractivity contribution in [1.82, 2.24) is 35.7 Å². The van der Waals surface area contributed by atoms with E-state index < -0.39 is 12.1 Å². The van der Waals surface area contributed by atoms with Crippen LogP contribution in [0.25, 0.3) is 0 Å². The number of aliphatic imine (C=N–C) groups is 1. The van der Waals surface area contributed by atoms with Gasteiger partial charge >= 0.3 is 12.1 Å². The van der Waals surface area contributed by atoms with Gasteiger partial charge in [0, 0.05) is 49.7 Å². The SMILES string of the molecule is CC(C)c1nc(CN(C)C(=O)N[C@@H](CCN2C=NCC2)C(=O)N[C@@H](CC[C@@H](Cc2ccccc2)NC(=O)OCc2cncs2)Cc2ccccc2)cs1. The van der Waals surface area contributed by atoms with Crippen molar-refractivity contribution in [3.05, 3.63) is 104 Å². The number of urea groups is 1. The summed E-state index contributed by atoms with van der Waals surface area (Å²) in [6.07, 6.45) is 5.74. The van der Waals surface area contributed by atoms with Crippen molar-refractivity contribution >= 4 is 47.0 Å². The Hall–Kier alpha value is -4.82. The molecule has 282 valence electrons. The van der Waals surface area contributed by atoms with Crippen LogP contribution in [0, 0.1) is 0 Å². The van der Waals surface area contributed by atoms with Crippen molar-refractivity contribution in [2.24, 2.45) is 4.99 Å². The first-order valence-electron chi connectivity index (χ1n) is 18.1. The van der Waals surface area contributed by atoms with Gasteiger partial charge in [0.15, 0.2) is 0 Å². The highest BCUT2D eigenvalue weighted by molar-refractivity contribution is 7.09. The standard InChI is InChI=1S/C39H50N8O4S2/c1-28(2)37-43-33(25-52-37)23-46(3)38(49)45-35(16-18-47-19-17-40-26-47)36(48)42-31(20-29-10-6-4-7-11-29)14-15-32(21-30-12-8-5-9-13-30)44-39(50)51-24-34-22-41-27-53-34/h4-13,22,25-28,31-32,35H,14-21,23-24H2,1-3H3,(H,42,48)(H,44,50)(H,45,49)/t31-,32-,35-/m0/s1. The lowest BCUT2D eigenvalue weighted by Crippen LogP contribution is -2.53. The highest BCUT2D eigenvalue weighted by atomic mass is 32.1. The second-order valence-corrected chi connectivity index (χ2v) is 15.4. The Kier molecular flexibility index (Phi) is 15.2. The lowest BCUT2D eigenvalue weighted by molar-refractivity contribution is -0.124. The zero-order valence-electron chi connectivity index (χ0n) is 30.6. The van der Waals surface area contributed by atoms with Crippen LogP contribution in [0.3, 0.4) is 0 Å². The summed E-state index contributed by atoms with van der Waals surface area (Å²) in [7, 11) is 1.71. The number of hydrogen-bond donors (Lipinski definition) is 3. The third kappa shape index (κ3) is 13.3. The normalized spacial score (nSPS) is 14.1. The van der Waals surface area contributed by atoms with Crippen molar-refractivity contribution < 1.29 is 19.1 Å². The maximum Gasteiger partial charge on any atom is 0.407 e. The predicted octanol–water partition coefficient (Wildman–Crippen LogP) is 6.01. The van der Waals surface area contributed by atoms with Crippen LogP contribution in [0.1, 0.15) is 65.7 Å². The zero-order valence-corrected chi connectivity index (χ0v) is 32.3. The molecular formula is C39H50N8O4S2. The molecule has 3 N–H and O–H groups in total. The minimum Gasteiger partial charge on any atom is -0.444 e. The zero-order chi connectivity index (χ0) is 37.4. The number of alkyl carbamates (subject to hydrolysis) is 1. The van der Waals surface area contributed by atoms with E-state index in [-0.39, 0.29) is 30.6 Å². The molecule has 3 atom stereocenters. The van der Waals surface area contributed by atoms with Gasteiger partial charge in [0.05, 0.1) is 40.5 Å². The molecule has 14 heteroatoms. The molecule has 0 unspecified atom stereocenters. The molecule has 4 aromatic rings. The van der Waals surface area contributed by atoms with Crippen LogP contribution >= 0.6 is 22.7 Å². The topological polar surface area (TPSA) is 141 Å². The van der Waals surface area contributed by atoms with Gasteiger partial charge in [-0.3, -0.25) is 14.8 Å². The van der Waals surface area contributed by atoms with E-state index in [1.54, 1.807) is 41.3 Å². The number of nitrogens with zero attached hydrogens (tertiary/aromatic N) is 5. The average molecular weight is 759 g/mol. The minimum absolute atomic E-state index is 0.148. The highest BCUT2D eigenvalue weighted by Gasteiger charge is 2.27. The summed E-state index contributed by atoms with van der Waals surface area (Å²) in [4.78, 5) is 58.1. The van der Waals surface area contributed by atoms with E-state index in [2.05, 4.69) is 49.7 Å². The number of carbonyl (C=O) groups excluding carboxylic acids is 3. The molecule has 53 heavy (non-hydrogen) atoms. The Morgan fingerprint density at radius 1 is 0.906 bits per heavy atom. The number of aromatic nitrogens is 2. The van der Waals surface area contributed by atoms with Crippen molar-refractivity contribution in [2.45, 2.75) is 83.1 Å². The maximum absolute atomic E-state index is 14.2. The summed E-state index contributed by atoms with van der Waals surface area (Å²) in [5.41, 5.74) is 4.68. The van der Waals surface area contributed by atoms with Crippen molar-refractivity contribution in [3.8, 4) is 0 Å². The van der Waals surface area contributed by atoms with Gasteiger partial charge in [0.1, 0.15) is 12.6 Å². The molecule has 0 saturated carbocycles.